The summed E-state index contributed by atoms with van der Waals surface area (Å²) in [6.07, 6.45) is 0.761. The minimum absolute atomic E-state index is 0.175. The van der Waals surface area contributed by atoms with E-state index >= 15 is 0 Å². The number of aryl methyl sites for hydroxylation is 2. The number of hydrogen-bond donors (Lipinski definition) is 1. The molecule has 3 heteroatoms. The summed E-state index contributed by atoms with van der Waals surface area (Å²) >= 11 is 0. The molecule has 2 rings (SSSR count). The second-order valence-corrected chi connectivity index (χ2v) is 5.03. The van der Waals surface area contributed by atoms with Gasteiger partial charge in [0.1, 0.15) is 0 Å². The summed E-state index contributed by atoms with van der Waals surface area (Å²) in [5, 5.41) is 4.28. The Kier molecular flexibility index (Phi) is 4.88. The average Bonchev–Trinajstić information content (AvgIpc) is 2.49. The van der Waals surface area contributed by atoms with Gasteiger partial charge in [-0.15, -0.1) is 0 Å². The minimum Gasteiger partial charge on any atom is -0.267 e. The molecule has 0 aliphatic heterocycles. The highest BCUT2D eigenvalue weighted by atomic mass is 16.2. The lowest BCUT2D eigenvalue weighted by Crippen LogP contribution is -2.20. The highest BCUT2D eigenvalue weighted by Gasteiger charge is 2.08. The maximum absolute atomic E-state index is 12.2. The van der Waals surface area contributed by atoms with Gasteiger partial charge < -0.3 is 0 Å². The van der Waals surface area contributed by atoms with Crippen molar-refractivity contribution in [3.05, 3.63) is 70.8 Å². The highest BCUT2D eigenvalue weighted by molar-refractivity contribution is 6.02. The third-order valence-electron chi connectivity index (χ3n) is 3.40. The molecule has 0 saturated heterocycles. The van der Waals surface area contributed by atoms with E-state index in [2.05, 4.69) is 10.5 Å². The minimum atomic E-state index is -0.175. The number of benzene rings is 2. The van der Waals surface area contributed by atoms with Crippen LogP contribution >= 0.6 is 0 Å². The molecule has 0 aliphatic carbocycles. The van der Waals surface area contributed by atoms with Crippen LogP contribution in [0, 0.1) is 13.8 Å². The van der Waals surface area contributed by atoms with Gasteiger partial charge in [0.25, 0.3) is 5.91 Å². The normalized spacial score (nSPS) is 11.3. The molecule has 1 N–H and O–H groups in total. The quantitative estimate of drug-likeness (QED) is 0.671. The summed E-state index contributed by atoms with van der Waals surface area (Å²) in [4.78, 5) is 12.2. The van der Waals surface area contributed by atoms with E-state index in [0.29, 0.717) is 5.56 Å². The van der Waals surface area contributed by atoms with Crippen molar-refractivity contribution in [1.29, 1.82) is 0 Å². The zero-order valence-electron chi connectivity index (χ0n) is 12.7. The van der Waals surface area contributed by atoms with Gasteiger partial charge in [-0.25, -0.2) is 5.43 Å². The van der Waals surface area contributed by atoms with Gasteiger partial charge in [-0.2, -0.15) is 5.10 Å². The lowest BCUT2D eigenvalue weighted by molar-refractivity contribution is 0.0954. The Hall–Kier alpha value is -2.42. The monoisotopic (exact) mass is 280 g/mol. The first kappa shape index (κ1) is 15.0. The Balaban J connectivity index is 2.16. The molecule has 108 valence electrons. The number of carbonyl (C=O) groups is 1. The van der Waals surface area contributed by atoms with E-state index in [-0.39, 0.29) is 5.91 Å². The van der Waals surface area contributed by atoms with E-state index in [1.54, 1.807) is 6.07 Å². The van der Waals surface area contributed by atoms with Crippen LogP contribution in [-0.2, 0) is 0 Å². The molecule has 0 spiro atoms. The molecular formula is C18H20N2O. The molecule has 0 heterocycles. The fourth-order valence-corrected chi connectivity index (χ4v) is 2.10. The van der Waals surface area contributed by atoms with Crippen LogP contribution in [0.1, 0.15) is 40.4 Å². The standard InChI is InChI=1S/C18H20N2O/c1-4-17(15-11-9-13(2)10-12-15)19-20-18(21)16-8-6-5-7-14(16)3/h5-12H,4H2,1-3H3,(H,20,21)/b19-17+. The van der Waals surface area contributed by atoms with Gasteiger partial charge >= 0.3 is 0 Å². The summed E-state index contributed by atoms with van der Waals surface area (Å²) in [5.41, 5.74) is 7.36. The van der Waals surface area contributed by atoms with Crippen LogP contribution in [0.5, 0.6) is 0 Å². The molecule has 21 heavy (non-hydrogen) atoms. The Bertz CT molecular complexity index is 657. The topological polar surface area (TPSA) is 41.5 Å². The van der Waals surface area contributed by atoms with Crippen molar-refractivity contribution in [2.45, 2.75) is 27.2 Å². The number of hydrazone groups is 1. The van der Waals surface area contributed by atoms with Crippen molar-refractivity contribution < 1.29 is 4.79 Å². The molecule has 0 fully saturated rings. The molecule has 0 unspecified atom stereocenters. The highest BCUT2D eigenvalue weighted by Crippen LogP contribution is 2.09. The van der Waals surface area contributed by atoms with Crippen LogP contribution in [0.2, 0.25) is 0 Å². The van der Waals surface area contributed by atoms with E-state index in [1.807, 2.05) is 63.2 Å². The number of carbonyl (C=O) groups excluding carboxylic acids is 1. The van der Waals surface area contributed by atoms with E-state index in [0.717, 1.165) is 23.3 Å². The van der Waals surface area contributed by atoms with Crippen LogP contribution in [0.3, 0.4) is 0 Å². The lowest BCUT2D eigenvalue weighted by Gasteiger charge is -2.07. The molecule has 2 aromatic carbocycles. The molecule has 0 radical (unpaired) electrons. The summed E-state index contributed by atoms with van der Waals surface area (Å²) < 4.78 is 0. The fraction of sp³-hybridized carbons (Fsp3) is 0.222. The first-order valence-electron chi connectivity index (χ1n) is 7.11. The third-order valence-corrected chi connectivity index (χ3v) is 3.40. The summed E-state index contributed by atoms with van der Waals surface area (Å²) in [6.45, 7) is 5.99. The molecular weight excluding hydrogens is 260 g/mol. The molecule has 0 aromatic heterocycles. The zero-order chi connectivity index (χ0) is 15.2. The number of rotatable bonds is 4. The number of amides is 1. The van der Waals surface area contributed by atoms with Gasteiger partial charge in [-0.1, -0.05) is 55.0 Å². The second-order valence-electron chi connectivity index (χ2n) is 5.03. The van der Waals surface area contributed by atoms with E-state index < -0.39 is 0 Å². The van der Waals surface area contributed by atoms with Crippen molar-refractivity contribution in [3.8, 4) is 0 Å². The van der Waals surface area contributed by atoms with Crippen LogP contribution in [0.4, 0.5) is 0 Å². The number of nitrogens with zero attached hydrogens (tertiary/aromatic N) is 1. The van der Waals surface area contributed by atoms with Gasteiger partial charge in [0.15, 0.2) is 0 Å². The maximum Gasteiger partial charge on any atom is 0.271 e. The predicted molar refractivity (Wildman–Crippen MR) is 86.7 cm³/mol. The predicted octanol–water partition coefficient (Wildman–Crippen LogP) is 3.85. The first-order chi connectivity index (χ1) is 10.1. The van der Waals surface area contributed by atoms with Crippen molar-refractivity contribution in [3.63, 3.8) is 0 Å². The molecule has 0 atom stereocenters. The molecule has 0 bridgehead atoms. The van der Waals surface area contributed by atoms with Crippen LogP contribution in [-0.4, -0.2) is 11.6 Å². The van der Waals surface area contributed by atoms with E-state index in [1.165, 1.54) is 5.56 Å². The Labute approximate surface area is 125 Å². The molecule has 0 aliphatic rings. The lowest BCUT2D eigenvalue weighted by atomic mass is 10.1. The van der Waals surface area contributed by atoms with Gasteiger partial charge in [-0.3, -0.25) is 4.79 Å². The van der Waals surface area contributed by atoms with Crippen molar-refractivity contribution >= 4 is 11.6 Å². The molecule has 1 amide bonds. The molecule has 0 saturated carbocycles. The number of nitrogens with one attached hydrogen (secondary N) is 1. The van der Waals surface area contributed by atoms with Crippen LogP contribution in [0.25, 0.3) is 0 Å². The molecule has 2 aromatic rings. The van der Waals surface area contributed by atoms with Crippen molar-refractivity contribution in [2.24, 2.45) is 5.10 Å². The largest absolute Gasteiger partial charge is 0.271 e. The Morgan fingerprint density at radius 3 is 2.33 bits per heavy atom. The third kappa shape index (κ3) is 3.78. The van der Waals surface area contributed by atoms with Gasteiger partial charge in [0.05, 0.1) is 5.71 Å². The summed E-state index contributed by atoms with van der Waals surface area (Å²) in [5.74, 6) is -0.175. The fourth-order valence-electron chi connectivity index (χ4n) is 2.10. The maximum atomic E-state index is 12.2. The Morgan fingerprint density at radius 2 is 1.71 bits per heavy atom. The van der Waals surface area contributed by atoms with Crippen LogP contribution < -0.4 is 5.43 Å². The Morgan fingerprint density at radius 1 is 1.05 bits per heavy atom. The number of hydrogen-bond acceptors (Lipinski definition) is 2. The van der Waals surface area contributed by atoms with Crippen molar-refractivity contribution in [2.75, 3.05) is 0 Å². The SMILES string of the molecule is CC/C(=N\NC(=O)c1ccccc1C)c1ccc(C)cc1. The van der Waals surface area contributed by atoms with Gasteiger partial charge in [0, 0.05) is 5.56 Å². The van der Waals surface area contributed by atoms with Crippen molar-refractivity contribution in [1.82, 2.24) is 5.43 Å². The smallest absolute Gasteiger partial charge is 0.267 e. The second kappa shape index (κ2) is 6.84. The van der Waals surface area contributed by atoms with Gasteiger partial charge in [-0.05, 0) is 37.5 Å². The van der Waals surface area contributed by atoms with E-state index in [4.69, 9.17) is 0 Å². The van der Waals surface area contributed by atoms with Gasteiger partial charge in [0.2, 0.25) is 0 Å². The van der Waals surface area contributed by atoms with Crippen LogP contribution in [0.15, 0.2) is 53.6 Å². The average molecular weight is 280 g/mol. The summed E-state index contributed by atoms with van der Waals surface area (Å²) in [7, 11) is 0. The summed E-state index contributed by atoms with van der Waals surface area (Å²) in [6, 6.07) is 15.6. The molecule has 3 nitrogen and oxygen atoms in total. The van der Waals surface area contributed by atoms with E-state index in [9.17, 15) is 4.79 Å². The first-order valence-corrected chi connectivity index (χ1v) is 7.11. The zero-order valence-corrected chi connectivity index (χ0v) is 12.7.